The van der Waals surface area contributed by atoms with Crippen LogP contribution in [-0.4, -0.2) is 72.5 Å². The van der Waals surface area contributed by atoms with Gasteiger partial charge < -0.3 is 30.0 Å². The van der Waals surface area contributed by atoms with Crippen LogP contribution in [0.3, 0.4) is 0 Å². The lowest BCUT2D eigenvalue weighted by Gasteiger charge is -2.29. The molecule has 11 nitrogen and oxygen atoms in total. The largest absolute Gasteiger partial charge is 0.463 e. The summed E-state index contributed by atoms with van der Waals surface area (Å²) in [6.07, 6.45) is -1.78. The lowest BCUT2D eigenvalue weighted by molar-refractivity contribution is -0.180. The minimum Gasteiger partial charge on any atom is -0.463 e. The fourth-order valence-corrected chi connectivity index (χ4v) is 4.59. The number of alkyl halides is 1. The number of nitrogens with two attached hydrogens (primary N) is 1. The van der Waals surface area contributed by atoms with Crippen molar-refractivity contribution in [2.45, 2.75) is 64.0 Å². The topological polar surface area (TPSA) is 147 Å². The number of carbonyl (C=O) groups is 2. The second-order valence-corrected chi connectivity index (χ2v) is 10.7. The van der Waals surface area contributed by atoms with E-state index in [1.165, 1.54) is 13.1 Å². The number of hydrogen-bond donors (Lipinski definition) is 2. The first-order chi connectivity index (χ1) is 18.4. The normalized spacial score (nSPS) is 25.8. The Kier molecular flexibility index (Phi) is 8.17. The Bertz CT molecular complexity index is 1230. The van der Waals surface area contributed by atoms with Crippen molar-refractivity contribution in [1.82, 2.24) is 9.97 Å². The molecule has 4 rings (SSSR count). The van der Waals surface area contributed by atoms with Crippen molar-refractivity contribution in [3.63, 3.8) is 0 Å². The van der Waals surface area contributed by atoms with Crippen molar-refractivity contribution in [2.24, 2.45) is 10.4 Å². The fourth-order valence-electron chi connectivity index (χ4n) is 4.59. The molecule has 2 aliphatic heterocycles. The zero-order chi connectivity index (χ0) is 28.4. The third kappa shape index (κ3) is 6.17. The molecule has 2 aromatic rings. The third-order valence-electron chi connectivity index (χ3n) is 6.59. The molecule has 0 amide bonds. The van der Waals surface area contributed by atoms with Crippen molar-refractivity contribution in [3.8, 4) is 0 Å². The van der Waals surface area contributed by atoms with Gasteiger partial charge in [-0.3, -0.25) is 14.6 Å². The standard InChI is InChI=1S/C27H34FN5O6/c1-26(2,3)24(35)38-14-37-22-17(13-36-18(34)11-15-9-7-6-8-10-15)39-21(27(22,4)28)16-12-31-20-19(16)32-25(29)33-23(20)30-5/h6-10,12,16-17,21-22H,11,13-14H2,1-5H3,(H3,29,30,32,33)/t16?,17-,21?,22-,27+/m1/s1. The van der Waals surface area contributed by atoms with E-state index in [9.17, 15) is 9.59 Å². The van der Waals surface area contributed by atoms with Gasteiger partial charge in [0.25, 0.3) is 0 Å². The summed E-state index contributed by atoms with van der Waals surface area (Å²) < 4.78 is 39.1. The summed E-state index contributed by atoms with van der Waals surface area (Å²) in [5.41, 5.74) is 4.61. The number of aromatic nitrogens is 2. The van der Waals surface area contributed by atoms with Crippen LogP contribution in [0.4, 0.5) is 21.8 Å². The van der Waals surface area contributed by atoms with Gasteiger partial charge in [0.15, 0.2) is 18.3 Å². The molecule has 0 bridgehead atoms. The van der Waals surface area contributed by atoms with E-state index in [0.717, 1.165) is 5.56 Å². The van der Waals surface area contributed by atoms with E-state index in [4.69, 9.17) is 24.7 Å². The average Bonchev–Trinajstić information content (AvgIpc) is 3.39. The monoisotopic (exact) mass is 543 g/mol. The lowest BCUT2D eigenvalue weighted by atomic mass is 9.86. The van der Waals surface area contributed by atoms with Crippen LogP contribution in [0.15, 0.2) is 35.3 Å². The summed E-state index contributed by atoms with van der Waals surface area (Å²) in [4.78, 5) is 37.5. The number of anilines is 2. The molecule has 1 aromatic heterocycles. The molecule has 1 fully saturated rings. The van der Waals surface area contributed by atoms with E-state index in [1.54, 1.807) is 40.0 Å². The van der Waals surface area contributed by atoms with E-state index in [1.807, 2.05) is 18.2 Å². The minimum absolute atomic E-state index is 0.000410. The fraction of sp³-hybridized carbons (Fsp3) is 0.519. The molecular weight excluding hydrogens is 509 g/mol. The third-order valence-corrected chi connectivity index (χ3v) is 6.59. The smallest absolute Gasteiger partial charge is 0.313 e. The van der Waals surface area contributed by atoms with Gasteiger partial charge >= 0.3 is 11.9 Å². The van der Waals surface area contributed by atoms with E-state index < -0.39 is 54.0 Å². The second kappa shape index (κ2) is 11.2. The summed E-state index contributed by atoms with van der Waals surface area (Å²) in [5, 5.41) is 2.91. The van der Waals surface area contributed by atoms with Gasteiger partial charge in [0, 0.05) is 13.3 Å². The number of halogens is 1. The number of nitrogens with one attached hydrogen (secondary N) is 1. The van der Waals surface area contributed by atoms with Crippen LogP contribution in [0.2, 0.25) is 0 Å². The maximum absolute atomic E-state index is 16.6. The molecule has 39 heavy (non-hydrogen) atoms. The van der Waals surface area contributed by atoms with Crippen LogP contribution in [0.5, 0.6) is 0 Å². The molecule has 0 spiro atoms. The number of esters is 2. The summed E-state index contributed by atoms with van der Waals surface area (Å²) in [5.74, 6) is -1.32. The summed E-state index contributed by atoms with van der Waals surface area (Å²) in [7, 11) is 1.67. The Morgan fingerprint density at radius 3 is 2.56 bits per heavy atom. The predicted octanol–water partition coefficient (Wildman–Crippen LogP) is 3.11. The van der Waals surface area contributed by atoms with Crippen LogP contribution in [0.25, 0.3) is 0 Å². The molecule has 0 radical (unpaired) electrons. The Morgan fingerprint density at radius 2 is 1.90 bits per heavy atom. The van der Waals surface area contributed by atoms with E-state index in [-0.39, 0.29) is 19.0 Å². The van der Waals surface area contributed by atoms with Gasteiger partial charge in [-0.2, -0.15) is 4.98 Å². The number of hydrogen-bond acceptors (Lipinski definition) is 11. The van der Waals surface area contributed by atoms with Crippen molar-refractivity contribution >= 4 is 35.6 Å². The first kappa shape index (κ1) is 28.4. The van der Waals surface area contributed by atoms with Crippen molar-refractivity contribution in [3.05, 3.63) is 41.6 Å². The maximum Gasteiger partial charge on any atom is 0.313 e. The molecule has 2 unspecified atom stereocenters. The zero-order valence-electron chi connectivity index (χ0n) is 22.6. The van der Waals surface area contributed by atoms with E-state index in [0.29, 0.717) is 17.2 Å². The highest BCUT2D eigenvalue weighted by molar-refractivity contribution is 5.85. The van der Waals surface area contributed by atoms with Crippen LogP contribution in [0.1, 0.15) is 44.9 Å². The second-order valence-electron chi connectivity index (χ2n) is 10.7. The van der Waals surface area contributed by atoms with Crippen LogP contribution in [-0.2, 0) is 35.0 Å². The van der Waals surface area contributed by atoms with Gasteiger partial charge in [-0.15, -0.1) is 0 Å². The number of benzene rings is 1. The Balaban J connectivity index is 1.53. The Hall–Kier alpha value is -3.64. The van der Waals surface area contributed by atoms with Gasteiger partial charge in [0.2, 0.25) is 5.95 Å². The van der Waals surface area contributed by atoms with E-state index in [2.05, 4.69) is 20.3 Å². The first-order valence-corrected chi connectivity index (χ1v) is 12.6. The quantitative estimate of drug-likeness (QED) is 0.357. The maximum atomic E-state index is 16.6. The van der Waals surface area contributed by atoms with Gasteiger partial charge in [-0.1, -0.05) is 30.3 Å². The molecule has 210 valence electrons. The van der Waals surface area contributed by atoms with Crippen LogP contribution < -0.4 is 11.1 Å². The molecule has 2 aliphatic rings. The first-order valence-electron chi connectivity index (χ1n) is 12.6. The highest BCUT2D eigenvalue weighted by Gasteiger charge is 2.59. The van der Waals surface area contributed by atoms with Crippen molar-refractivity contribution in [1.29, 1.82) is 0 Å². The SMILES string of the molecule is CNc1nc(N)nc2c1N=CC2C1O[C@H](COC(=O)Cc2ccccc2)[C@@H](OCOC(=O)C(C)(C)C)[C@@]1(C)F. The minimum atomic E-state index is -2.12. The number of ether oxygens (including phenoxy) is 4. The van der Waals surface area contributed by atoms with E-state index >= 15 is 4.39 Å². The number of rotatable bonds is 9. The molecule has 0 aliphatic carbocycles. The van der Waals surface area contributed by atoms with Crippen molar-refractivity contribution in [2.75, 3.05) is 31.5 Å². The predicted molar refractivity (Wildman–Crippen MR) is 141 cm³/mol. The van der Waals surface area contributed by atoms with Gasteiger partial charge in [-0.05, 0) is 33.3 Å². The average molecular weight is 544 g/mol. The van der Waals surface area contributed by atoms with Gasteiger partial charge in [0.05, 0.1) is 23.4 Å². The Labute approximate surface area is 226 Å². The van der Waals surface area contributed by atoms with Crippen LogP contribution in [0, 0.1) is 5.41 Å². The highest BCUT2D eigenvalue weighted by atomic mass is 19.1. The highest BCUT2D eigenvalue weighted by Crippen LogP contribution is 2.47. The Morgan fingerprint density at radius 1 is 1.18 bits per heavy atom. The number of carbonyl (C=O) groups excluding carboxylic acids is 2. The number of nitrogens with zero attached hydrogens (tertiary/aromatic N) is 3. The molecular formula is C27H34FN5O6. The van der Waals surface area contributed by atoms with Crippen LogP contribution >= 0.6 is 0 Å². The molecule has 1 saturated heterocycles. The molecule has 0 saturated carbocycles. The molecule has 3 N–H and O–H groups in total. The summed E-state index contributed by atoms with van der Waals surface area (Å²) >= 11 is 0. The molecule has 12 heteroatoms. The molecule has 1 aromatic carbocycles. The summed E-state index contributed by atoms with van der Waals surface area (Å²) in [6.45, 7) is 5.64. The molecule has 5 atom stereocenters. The lowest BCUT2D eigenvalue weighted by Crippen LogP contribution is -2.46. The van der Waals surface area contributed by atoms with Crippen molar-refractivity contribution < 1.29 is 32.9 Å². The molecule has 3 heterocycles. The number of aliphatic imine (C=N–C) groups is 1. The number of fused-ring (bicyclic) bond motifs is 1. The number of nitrogen functional groups attached to an aromatic ring is 1. The van der Waals surface area contributed by atoms with Gasteiger partial charge in [0.1, 0.15) is 30.6 Å². The summed E-state index contributed by atoms with van der Waals surface area (Å²) in [6, 6.07) is 9.10. The van der Waals surface area contributed by atoms with Gasteiger partial charge in [-0.25, -0.2) is 9.37 Å². The zero-order valence-corrected chi connectivity index (χ0v) is 22.6.